The molecule has 3 rings (SSSR count). The lowest BCUT2D eigenvalue weighted by Crippen LogP contribution is -2.20. The van der Waals surface area contributed by atoms with Crippen molar-refractivity contribution in [3.8, 4) is 5.75 Å². The number of fused-ring (bicyclic) bond motifs is 1. The number of halogens is 1. The Labute approximate surface area is 124 Å². The summed E-state index contributed by atoms with van der Waals surface area (Å²) in [5, 5.41) is 1.91. The molecule has 0 saturated heterocycles. The van der Waals surface area contributed by atoms with E-state index in [2.05, 4.69) is 4.98 Å². The summed E-state index contributed by atoms with van der Waals surface area (Å²) in [7, 11) is 1.42. The summed E-state index contributed by atoms with van der Waals surface area (Å²) in [4.78, 5) is 16.7. The lowest BCUT2D eigenvalue weighted by Gasteiger charge is -2.07. The molecule has 0 N–H and O–H groups in total. The maximum absolute atomic E-state index is 13.7. The van der Waals surface area contributed by atoms with E-state index < -0.39 is 5.82 Å². The number of ether oxygens (including phenoxy) is 1. The Bertz CT molecular complexity index is 870. The smallest absolute Gasteiger partial charge is 0.271 e. The molecule has 0 aliphatic rings. The number of hydrogen-bond acceptors (Lipinski definition) is 4. The molecule has 0 atom stereocenters. The normalized spacial score (nSPS) is 11.0. The van der Waals surface area contributed by atoms with Gasteiger partial charge in [-0.05, 0) is 35.6 Å². The van der Waals surface area contributed by atoms with Crippen LogP contribution in [0.15, 0.2) is 34.7 Å². The van der Waals surface area contributed by atoms with E-state index in [0.29, 0.717) is 10.3 Å². The van der Waals surface area contributed by atoms with E-state index in [1.807, 2.05) is 12.3 Å². The summed E-state index contributed by atoms with van der Waals surface area (Å²) in [5.41, 5.74) is 2.32. The summed E-state index contributed by atoms with van der Waals surface area (Å²) in [6.45, 7) is 2.20. The maximum Gasteiger partial charge on any atom is 0.271 e. The van der Waals surface area contributed by atoms with Gasteiger partial charge in [-0.25, -0.2) is 9.37 Å². The topological polar surface area (TPSA) is 44.1 Å². The van der Waals surface area contributed by atoms with Gasteiger partial charge in [-0.2, -0.15) is 0 Å². The fourth-order valence-electron chi connectivity index (χ4n) is 2.18. The first kappa shape index (κ1) is 13.8. The highest BCUT2D eigenvalue weighted by Crippen LogP contribution is 2.20. The number of methoxy groups -OCH3 is 1. The fourth-order valence-corrected chi connectivity index (χ4v) is 3.13. The van der Waals surface area contributed by atoms with Gasteiger partial charge in [0, 0.05) is 0 Å². The lowest BCUT2D eigenvalue weighted by atomic mass is 10.2. The van der Waals surface area contributed by atoms with Gasteiger partial charge in [0.15, 0.2) is 11.6 Å². The zero-order chi connectivity index (χ0) is 15.0. The van der Waals surface area contributed by atoms with E-state index in [9.17, 15) is 9.18 Å². The molecule has 1 aromatic carbocycles. The Hall–Kier alpha value is -2.21. The zero-order valence-corrected chi connectivity index (χ0v) is 12.4. The van der Waals surface area contributed by atoms with Crippen molar-refractivity contribution in [2.75, 3.05) is 7.11 Å². The van der Waals surface area contributed by atoms with Crippen LogP contribution in [0.5, 0.6) is 5.75 Å². The summed E-state index contributed by atoms with van der Waals surface area (Å²) < 4.78 is 20.7. The van der Waals surface area contributed by atoms with Crippen LogP contribution in [0.1, 0.15) is 11.1 Å². The minimum absolute atomic E-state index is 0.102. The molecule has 0 aliphatic heterocycles. The molecule has 0 spiro atoms. The Morgan fingerprint density at radius 1 is 1.43 bits per heavy atom. The summed E-state index contributed by atoms with van der Waals surface area (Å²) in [5.74, 6) is -0.252. The largest absolute Gasteiger partial charge is 0.494 e. The van der Waals surface area contributed by atoms with Gasteiger partial charge in [0.2, 0.25) is 0 Å². The molecule has 108 valence electrons. The Morgan fingerprint density at radius 2 is 2.24 bits per heavy atom. The Kier molecular flexibility index (Phi) is 3.47. The molecule has 4 nitrogen and oxygen atoms in total. The molecule has 0 saturated carbocycles. The first-order chi connectivity index (χ1) is 10.1. The van der Waals surface area contributed by atoms with Crippen molar-refractivity contribution in [3.63, 3.8) is 0 Å². The van der Waals surface area contributed by atoms with Gasteiger partial charge in [0.1, 0.15) is 4.70 Å². The van der Waals surface area contributed by atoms with Gasteiger partial charge in [-0.15, -0.1) is 11.3 Å². The molecular weight excluding hydrogens is 291 g/mol. The van der Waals surface area contributed by atoms with Crippen LogP contribution in [0, 0.1) is 12.7 Å². The van der Waals surface area contributed by atoms with E-state index in [0.717, 1.165) is 11.1 Å². The van der Waals surface area contributed by atoms with Crippen LogP contribution in [0.2, 0.25) is 0 Å². The second-order valence-electron chi connectivity index (χ2n) is 4.74. The van der Waals surface area contributed by atoms with Crippen LogP contribution in [-0.4, -0.2) is 16.7 Å². The molecule has 6 heteroatoms. The average molecular weight is 304 g/mol. The van der Waals surface area contributed by atoms with E-state index in [1.54, 1.807) is 12.1 Å². The fraction of sp³-hybridized carbons (Fsp3) is 0.200. The molecule has 0 aliphatic carbocycles. The van der Waals surface area contributed by atoms with Gasteiger partial charge < -0.3 is 4.74 Å². The second-order valence-corrected chi connectivity index (χ2v) is 5.62. The van der Waals surface area contributed by atoms with Gasteiger partial charge in [-0.3, -0.25) is 9.36 Å². The summed E-state index contributed by atoms with van der Waals surface area (Å²) >= 11 is 1.38. The highest BCUT2D eigenvalue weighted by atomic mass is 32.1. The minimum atomic E-state index is -0.441. The van der Waals surface area contributed by atoms with Crippen molar-refractivity contribution >= 4 is 21.6 Å². The molecule has 0 bridgehead atoms. The average Bonchev–Trinajstić information content (AvgIpc) is 2.84. The first-order valence-corrected chi connectivity index (χ1v) is 7.24. The van der Waals surface area contributed by atoms with Crippen LogP contribution in [0.3, 0.4) is 0 Å². The molecule has 0 fully saturated rings. The summed E-state index contributed by atoms with van der Waals surface area (Å²) in [6, 6.07) is 4.66. The minimum Gasteiger partial charge on any atom is -0.494 e. The third kappa shape index (κ3) is 2.42. The van der Waals surface area contributed by atoms with Crippen LogP contribution in [-0.2, 0) is 6.54 Å². The van der Waals surface area contributed by atoms with E-state index in [-0.39, 0.29) is 17.9 Å². The van der Waals surface area contributed by atoms with Crippen molar-refractivity contribution in [2.24, 2.45) is 0 Å². The van der Waals surface area contributed by atoms with Gasteiger partial charge >= 0.3 is 0 Å². The van der Waals surface area contributed by atoms with E-state index in [1.165, 1.54) is 35.4 Å². The number of aromatic nitrogens is 2. The third-order valence-electron chi connectivity index (χ3n) is 3.29. The van der Waals surface area contributed by atoms with Crippen LogP contribution < -0.4 is 10.3 Å². The van der Waals surface area contributed by atoms with Gasteiger partial charge in [0.05, 0.1) is 25.5 Å². The highest BCUT2D eigenvalue weighted by molar-refractivity contribution is 7.17. The van der Waals surface area contributed by atoms with Crippen molar-refractivity contribution in [1.29, 1.82) is 0 Å². The quantitative estimate of drug-likeness (QED) is 0.747. The van der Waals surface area contributed by atoms with Gasteiger partial charge in [-0.1, -0.05) is 6.07 Å². The van der Waals surface area contributed by atoms with Crippen LogP contribution in [0.4, 0.5) is 4.39 Å². The number of benzene rings is 1. The second kappa shape index (κ2) is 5.29. The van der Waals surface area contributed by atoms with Crippen molar-refractivity contribution < 1.29 is 9.13 Å². The standard InChI is InChI=1S/C15H13FN2O2S/c1-9-7-21-14-13(9)17-8-18(15(14)19)6-10-3-4-12(20-2)11(16)5-10/h3-5,7-8H,6H2,1-2H3. The van der Waals surface area contributed by atoms with E-state index >= 15 is 0 Å². The number of rotatable bonds is 3. The number of nitrogens with zero attached hydrogens (tertiary/aromatic N) is 2. The monoisotopic (exact) mass is 304 g/mol. The Morgan fingerprint density at radius 3 is 2.95 bits per heavy atom. The molecule has 3 aromatic rings. The molecule has 0 unspecified atom stereocenters. The molecule has 21 heavy (non-hydrogen) atoms. The van der Waals surface area contributed by atoms with Crippen molar-refractivity contribution in [3.05, 3.63) is 57.2 Å². The molecule has 0 radical (unpaired) electrons. The number of aryl methyl sites for hydroxylation is 1. The van der Waals surface area contributed by atoms with Gasteiger partial charge in [0.25, 0.3) is 5.56 Å². The number of hydrogen-bond donors (Lipinski definition) is 0. The van der Waals surface area contributed by atoms with Crippen molar-refractivity contribution in [1.82, 2.24) is 9.55 Å². The maximum atomic E-state index is 13.7. The first-order valence-electron chi connectivity index (χ1n) is 6.36. The lowest BCUT2D eigenvalue weighted by molar-refractivity contribution is 0.386. The SMILES string of the molecule is COc1ccc(Cn2cnc3c(C)csc3c2=O)cc1F. The third-order valence-corrected chi connectivity index (χ3v) is 4.37. The van der Waals surface area contributed by atoms with Crippen molar-refractivity contribution in [2.45, 2.75) is 13.5 Å². The highest BCUT2D eigenvalue weighted by Gasteiger charge is 2.10. The molecular formula is C15H13FN2O2S. The Balaban J connectivity index is 2.00. The van der Waals surface area contributed by atoms with Crippen LogP contribution >= 0.6 is 11.3 Å². The molecule has 2 heterocycles. The number of thiophene rings is 1. The molecule has 0 amide bonds. The predicted molar refractivity (Wildman–Crippen MR) is 80.7 cm³/mol. The zero-order valence-electron chi connectivity index (χ0n) is 11.6. The predicted octanol–water partition coefficient (Wildman–Crippen LogP) is 2.96. The molecule has 2 aromatic heterocycles. The van der Waals surface area contributed by atoms with E-state index in [4.69, 9.17) is 4.74 Å². The van der Waals surface area contributed by atoms with Crippen LogP contribution in [0.25, 0.3) is 10.2 Å². The summed E-state index contributed by atoms with van der Waals surface area (Å²) in [6.07, 6.45) is 1.51.